The van der Waals surface area contributed by atoms with Crippen LogP contribution >= 0.6 is 0 Å². The summed E-state index contributed by atoms with van der Waals surface area (Å²) in [4.78, 5) is 12.0. The van der Waals surface area contributed by atoms with E-state index in [-0.39, 0.29) is 0 Å². The third-order valence-electron chi connectivity index (χ3n) is 2.11. The number of likely N-dealkylation sites (tertiary alicyclic amines) is 1. The number of carboxylic acid groups (broad SMARTS) is 1. The van der Waals surface area contributed by atoms with Gasteiger partial charge in [0, 0.05) is 13.1 Å². The maximum Gasteiger partial charge on any atom is 0.329 e. The Hall–Kier alpha value is -0.680. The van der Waals surface area contributed by atoms with Crippen molar-refractivity contribution in [2.45, 2.75) is 18.7 Å². The molecule has 1 rings (SSSR count). The van der Waals surface area contributed by atoms with Crippen LogP contribution in [0.4, 0.5) is 4.39 Å². The highest BCUT2D eigenvalue weighted by atomic mass is 19.1. The molecule has 5 heteroatoms. The number of piperidine rings is 1. The van der Waals surface area contributed by atoms with Crippen LogP contribution in [0.2, 0.25) is 0 Å². The van der Waals surface area contributed by atoms with Crippen LogP contribution in [0.5, 0.6) is 0 Å². The molecule has 1 saturated heterocycles. The van der Waals surface area contributed by atoms with Crippen molar-refractivity contribution in [3.05, 3.63) is 0 Å². The number of alkyl halides is 1. The van der Waals surface area contributed by atoms with Crippen LogP contribution in [-0.4, -0.2) is 55.0 Å². The summed E-state index contributed by atoms with van der Waals surface area (Å²) in [6, 6.07) is 0. The molecule has 0 aliphatic carbocycles. The minimum absolute atomic E-state index is 0.324. The predicted octanol–water partition coefficient (Wildman–Crippen LogP) is 0.130. The second-order valence-corrected chi connectivity index (χ2v) is 3.31. The molecule has 1 heterocycles. The molecule has 1 fully saturated rings. The molecule has 0 amide bonds. The van der Waals surface area contributed by atoms with E-state index in [1.165, 1.54) is 0 Å². The maximum absolute atomic E-state index is 13.2. The Labute approximate surface area is 76.3 Å². The first-order valence-electron chi connectivity index (χ1n) is 4.25. The SMILES string of the molecule is CN1CCC(OCC(=O)O)C(F)C1. The molecule has 0 saturated carbocycles. The molecule has 2 unspecified atom stereocenters. The summed E-state index contributed by atoms with van der Waals surface area (Å²) in [5.74, 6) is -1.05. The third-order valence-corrected chi connectivity index (χ3v) is 2.11. The van der Waals surface area contributed by atoms with Crippen molar-refractivity contribution in [2.75, 3.05) is 26.7 Å². The van der Waals surface area contributed by atoms with Gasteiger partial charge in [0.15, 0.2) is 0 Å². The summed E-state index contributed by atoms with van der Waals surface area (Å²) in [5.41, 5.74) is 0. The van der Waals surface area contributed by atoms with Gasteiger partial charge in [-0.2, -0.15) is 0 Å². The average Bonchev–Trinajstić information content (AvgIpc) is 2.02. The largest absolute Gasteiger partial charge is 0.480 e. The summed E-state index contributed by atoms with van der Waals surface area (Å²) in [5, 5.41) is 8.32. The van der Waals surface area contributed by atoms with Gasteiger partial charge in [0.25, 0.3) is 0 Å². The first-order chi connectivity index (χ1) is 6.09. The monoisotopic (exact) mass is 191 g/mol. The molecule has 0 spiro atoms. The van der Waals surface area contributed by atoms with Crippen molar-refractivity contribution in [2.24, 2.45) is 0 Å². The van der Waals surface area contributed by atoms with Gasteiger partial charge >= 0.3 is 5.97 Å². The molecule has 0 aromatic carbocycles. The number of nitrogens with zero attached hydrogens (tertiary/aromatic N) is 1. The molecular weight excluding hydrogens is 177 g/mol. The van der Waals surface area contributed by atoms with E-state index in [2.05, 4.69) is 0 Å². The summed E-state index contributed by atoms with van der Waals surface area (Å²) >= 11 is 0. The fourth-order valence-electron chi connectivity index (χ4n) is 1.40. The molecule has 0 radical (unpaired) electrons. The highest BCUT2D eigenvalue weighted by Crippen LogP contribution is 2.15. The number of rotatable bonds is 3. The van der Waals surface area contributed by atoms with Crippen molar-refractivity contribution < 1.29 is 19.0 Å². The highest BCUT2D eigenvalue weighted by Gasteiger charge is 2.28. The van der Waals surface area contributed by atoms with Crippen molar-refractivity contribution in [1.82, 2.24) is 4.90 Å². The lowest BCUT2D eigenvalue weighted by Crippen LogP contribution is -2.44. The van der Waals surface area contributed by atoms with Gasteiger partial charge in [-0.25, -0.2) is 9.18 Å². The van der Waals surface area contributed by atoms with Gasteiger partial charge in [-0.3, -0.25) is 0 Å². The van der Waals surface area contributed by atoms with Gasteiger partial charge < -0.3 is 14.7 Å². The Morgan fingerprint density at radius 2 is 2.46 bits per heavy atom. The van der Waals surface area contributed by atoms with Crippen molar-refractivity contribution in [3.63, 3.8) is 0 Å². The molecule has 0 aromatic heterocycles. The molecule has 4 nitrogen and oxygen atoms in total. The lowest BCUT2D eigenvalue weighted by molar-refractivity contribution is -0.147. The summed E-state index contributed by atoms with van der Waals surface area (Å²) in [7, 11) is 1.83. The summed E-state index contributed by atoms with van der Waals surface area (Å²) < 4.78 is 18.1. The average molecular weight is 191 g/mol. The van der Waals surface area contributed by atoms with Crippen LogP contribution in [0.25, 0.3) is 0 Å². The molecule has 1 aliphatic heterocycles. The van der Waals surface area contributed by atoms with E-state index in [0.717, 1.165) is 6.54 Å². The minimum Gasteiger partial charge on any atom is -0.480 e. The third kappa shape index (κ3) is 3.28. The fourth-order valence-corrected chi connectivity index (χ4v) is 1.40. The number of hydrogen-bond donors (Lipinski definition) is 1. The quantitative estimate of drug-likeness (QED) is 0.689. The van der Waals surface area contributed by atoms with E-state index >= 15 is 0 Å². The zero-order chi connectivity index (χ0) is 9.84. The Morgan fingerprint density at radius 3 is 3.00 bits per heavy atom. The first-order valence-corrected chi connectivity index (χ1v) is 4.25. The van der Waals surface area contributed by atoms with Gasteiger partial charge in [0.2, 0.25) is 0 Å². The Bertz CT molecular complexity index is 188. The second-order valence-electron chi connectivity index (χ2n) is 3.31. The van der Waals surface area contributed by atoms with Crippen LogP contribution in [0, 0.1) is 0 Å². The van der Waals surface area contributed by atoms with E-state index in [1.807, 2.05) is 11.9 Å². The summed E-state index contributed by atoms with van der Waals surface area (Å²) in [6.07, 6.45) is -1.06. The molecule has 1 N–H and O–H groups in total. The van der Waals surface area contributed by atoms with Crippen molar-refractivity contribution >= 4 is 5.97 Å². The van der Waals surface area contributed by atoms with Gasteiger partial charge in [-0.15, -0.1) is 0 Å². The van der Waals surface area contributed by atoms with Gasteiger partial charge in [0.05, 0.1) is 6.10 Å². The van der Waals surface area contributed by atoms with Gasteiger partial charge in [-0.1, -0.05) is 0 Å². The van der Waals surface area contributed by atoms with E-state index < -0.39 is 24.9 Å². The molecule has 0 bridgehead atoms. The molecule has 76 valence electrons. The van der Waals surface area contributed by atoms with Gasteiger partial charge in [-0.05, 0) is 13.5 Å². The predicted molar refractivity (Wildman–Crippen MR) is 44.4 cm³/mol. The van der Waals surface area contributed by atoms with Crippen LogP contribution in [0.3, 0.4) is 0 Å². The summed E-state index contributed by atoms with van der Waals surface area (Å²) in [6.45, 7) is 0.670. The topological polar surface area (TPSA) is 49.8 Å². The molecule has 1 aliphatic rings. The minimum atomic E-state index is -1.07. The van der Waals surface area contributed by atoms with Crippen LogP contribution in [-0.2, 0) is 9.53 Å². The second kappa shape index (κ2) is 4.53. The van der Waals surface area contributed by atoms with E-state index in [9.17, 15) is 9.18 Å². The molecular formula is C8H14FNO3. The fraction of sp³-hybridized carbons (Fsp3) is 0.875. The molecule has 13 heavy (non-hydrogen) atoms. The number of halogens is 1. The lowest BCUT2D eigenvalue weighted by atomic mass is 10.1. The zero-order valence-corrected chi connectivity index (χ0v) is 7.57. The molecule has 2 atom stereocenters. The standard InChI is InChI=1S/C8H14FNO3/c1-10-3-2-7(6(9)4-10)13-5-8(11)12/h6-7H,2-5H2,1H3,(H,11,12). The van der Waals surface area contributed by atoms with E-state index in [0.29, 0.717) is 13.0 Å². The normalized spacial score (nSPS) is 30.3. The number of carboxylic acids is 1. The highest BCUT2D eigenvalue weighted by molar-refractivity contribution is 5.68. The van der Waals surface area contributed by atoms with E-state index in [4.69, 9.17) is 9.84 Å². The van der Waals surface area contributed by atoms with Crippen LogP contribution < -0.4 is 0 Å². The van der Waals surface area contributed by atoms with Crippen LogP contribution in [0.15, 0.2) is 0 Å². The Balaban J connectivity index is 2.29. The number of aliphatic carboxylic acids is 1. The van der Waals surface area contributed by atoms with Crippen molar-refractivity contribution in [1.29, 1.82) is 0 Å². The Kier molecular flexibility index (Phi) is 3.62. The van der Waals surface area contributed by atoms with Crippen LogP contribution in [0.1, 0.15) is 6.42 Å². The number of ether oxygens (including phenoxy) is 1. The zero-order valence-electron chi connectivity index (χ0n) is 7.57. The van der Waals surface area contributed by atoms with Gasteiger partial charge in [0.1, 0.15) is 12.8 Å². The smallest absolute Gasteiger partial charge is 0.329 e. The maximum atomic E-state index is 13.2. The molecule has 0 aromatic rings. The Morgan fingerprint density at radius 1 is 1.77 bits per heavy atom. The number of carbonyl (C=O) groups is 1. The van der Waals surface area contributed by atoms with Crippen molar-refractivity contribution in [3.8, 4) is 0 Å². The number of hydrogen-bond acceptors (Lipinski definition) is 3. The van der Waals surface area contributed by atoms with E-state index in [1.54, 1.807) is 0 Å². The first kappa shape index (κ1) is 10.4. The lowest BCUT2D eigenvalue weighted by Gasteiger charge is -2.31.